The Morgan fingerprint density at radius 2 is 1.51 bits per heavy atom. The zero-order chi connectivity index (χ0) is 30.8. The fourth-order valence-corrected chi connectivity index (χ4v) is 6.79. The van der Waals surface area contributed by atoms with E-state index >= 15 is 0 Å². The van der Waals surface area contributed by atoms with Crippen LogP contribution in [0.15, 0.2) is 83.8 Å². The van der Waals surface area contributed by atoms with Gasteiger partial charge in [-0.05, 0) is 56.0 Å². The molecule has 4 rings (SSSR count). The van der Waals surface area contributed by atoms with Crippen molar-refractivity contribution in [3.63, 3.8) is 0 Å². The molecule has 0 heterocycles. The van der Waals surface area contributed by atoms with E-state index in [0.717, 1.165) is 42.0 Å². The first-order chi connectivity index (χ1) is 20.7. The first-order valence-electron chi connectivity index (χ1n) is 14.7. The van der Waals surface area contributed by atoms with Crippen molar-refractivity contribution in [2.24, 2.45) is 0 Å². The highest BCUT2D eigenvalue weighted by Crippen LogP contribution is 2.34. The third kappa shape index (κ3) is 8.07. The summed E-state index contributed by atoms with van der Waals surface area (Å²) < 4.78 is 39.8. The summed E-state index contributed by atoms with van der Waals surface area (Å²) in [6.07, 6.45) is 5.62. The van der Waals surface area contributed by atoms with Gasteiger partial charge in [0.1, 0.15) is 12.6 Å². The standard InChI is InChI=1S/C33H41N3O6S/c1-25(33(38)34-27-15-9-5-10-16-27)35(22-21-26-13-7-4-8-14-26)32(37)24-36(43(39,40)29-17-11-6-12-18-29)28-19-20-30(41-2)31(23-28)42-3/h4,6-8,11-14,17-20,23,25,27H,5,9-10,15-16,21-22,24H2,1-3H3,(H,34,38). The Morgan fingerprint density at radius 1 is 0.884 bits per heavy atom. The fraction of sp³-hybridized carbons (Fsp3) is 0.394. The number of carbonyl (C=O) groups excluding carboxylic acids is 2. The van der Waals surface area contributed by atoms with Crippen molar-refractivity contribution in [1.29, 1.82) is 0 Å². The second kappa shape index (κ2) is 14.9. The van der Waals surface area contributed by atoms with Crippen LogP contribution in [0.5, 0.6) is 11.5 Å². The van der Waals surface area contributed by atoms with Gasteiger partial charge in [-0.2, -0.15) is 0 Å². The zero-order valence-electron chi connectivity index (χ0n) is 25.1. The molecule has 0 spiro atoms. The maximum absolute atomic E-state index is 14.1. The third-order valence-electron chi connectivity index (χ3n) is 7.87. The Labute approximate surface area is 254 Å². The number of methoxy groups -OCH3 is 2. The normalized spacial score (nSPS) is 14.4. The highest BCUT2D eigenvalue weighted by molar-refractivity contribution is 7.92. The molecular formula is C33H41N3O6S. The number of hydrogen-bond acceptors (Lipinski definition) is 6. The van der Waals surface area contributed by atoms with Crippen LogP contribution in [0.25, 0.3) is 0 Å². The monoisotopic (exact) mass is 607 g/mol. The lowest BCUT2D eigenvalue weighted by Crippen LogP contribution is -2.53. The van der Waals surface area contributed by atoms with Gasteiger partial charge in [0.2, 0.25) is 11.8 Å². The minimum Gasteiger partial charge on any atom is -0.493 e. The molecule has 0 radical (unpaired) electrons. The van der Waals surface area contributed by atoms with Crippen molar-refractivity contribution in [2.45, 2.75) is 62.4 Å². The molecule has 1 atom stereocenters. The van der Waals surface area contributed by atoms with E-state index in [1.165, 1.54) is 37.3 Å². The van der Waals surface area contributed by atoms with Crippen LogP contribution in [-0.4, -0.2) is 64.5 Å². The molecule has 230 valence electrons. The molecule has 1 N–H and O–H groups in total. The fourth-order valence-electron chi connectivity index (χ4n) is 5.37. The van der Waals surface area contributed by atoms with E-state index in [2.05, 4.69) is 5.32 Å². The molecule has 0 aromatic heterocycles. The van der Waals surface area contributed by atoms with Crippen molar-refractivity contribution < 1.29 is 27.5 Å². The lowest BCUT2D eigenvalue weighted by atomic mass is 9.95. The molecule has 43 heavy (non-hydrogen) atoms. The Morgan fingerprint density at radius 3 is 2.14 bits per heavy atom. The number of benzene rings is 3. The second-order valence-corrected chi connectivity index (χ2v) is 12.6. The number of carbonyl (C=O) groups is 2. The third-order valence-corrected chi connectivity index (χ3v) is 9.66. The van der Waals surface area contributed by atoms with Crippen LogP contribution >= 0.6 is 0 Å². The van der Waals surface area contributed by atoms with Crippen LogP contribution in [0.2, 0.25) is 0 Å². The van der Waals surface area contributed by atoms with E-state index in [0.29, 0.717) is 17.9 Å². The first kappa shape index (κ1) is 31.9. The Balaban J connectivity index is 1.67. The maximum Gasteiger partial charge on any atom is 0.264 e. The van der Waals surface area contributed by atoms with Gasteiger partial charge < -0.3 is 19.7 Å². The Bertz CT molecular complexity index is 1460. The predicted octanol–water partition coefficient (Wildman–Crippen LogP) is 4.81. The van der Waals surface area contributed by atoms with E-state index < -0.39 is 28.5 Å². The van der Waals surface area contributed by atoms with Crippen LogP contribution in [-0.2, 0) is 26.0 Å². The van der Waals surface area contributed by atoms with E-state index in [-0.39, 0.29) is 29.1 Å². The van der Waals surface area contributed by atoms with Crippen LogP contribution in [0.1, 0.15) is 44.6 Å². The molecular weight excluding hydrogens is 566 g/mol. The molecule has 0 saturated heterocycles. The molecule has 1 fully saturated rings. The molecule has 3 aromatic carbocycles. The van der Waals surface area contributed by atoms with Crippen LogP contribution < -0.4 is 19.1 Å². The van der Waals surface area contributed by atoms with Crippen molar-refractivity contribution in [3.8, 4) is 11.5 Å². The molecule has 1 saturated carbocycles. The molecule has 2 amide bonds. The summed E-state index contributed by atoms with van der Waals surface area (Å²) >= 11 is 0. The quantitative estimate of drug-likeness (QED) is 0.299. The Hall–Kier alpha value is -4.05. The molecule has 10 heteroatoms. The van der Waals surface area contributed by atoms with Crippen LogP contribution in [0, 0.1) is 0 Å². The largest absolute Gasteiger partial charge is 0.493 e. The number of hydrogen-bond donors (Lipinski definition) is 1. The number of nitrogens with one attached hydrogen (secondary N) is 1. The topological polar surface area (TPSA) is 105 Å². The molecule has 1 aliphatic rings. The van der Waals surface area contributed by atoms with Crippen molar-refractivity contribution >= 4 is 27.5 Å². The highest BCUT2D eigenvalue weighted by atomic mass is 32.2. The molecule has 0 aliphatic heterocycles. The minimum absolute atomic E-state index is 0.0384. The van der Waals surface area contributed by atoms with Gasteiger partial charge in [-0.1, -0.05) is 67.8 Å². The van der Waals surface area contributed by atoms with Gasteiger partial charge in [-0.15, -0.1) is 0 Å². The molecule has 3 aromatic rings. The number of amides is 2. The number of rotatable bonds is 13. The van der Waals surface area contributed by atoms with Gasteiger partial charge in [0, 0.05) is 18.7 Å². The first-order valence-corrected chi connectivity index (χ1v) is 16.1. The van der Waals surface area contributed by atoms with Crippen LogP contribution in [0.4, 0.5) is 5.69 Å². The van der Waals surface area contributed by atoms with E-state index in [1.807, 2.05) is 30.3 Å². The number of sulfonamides is 1. The van der Waals surface area contributed by atoms with Gasteiger partial charge in [0.05, 0.1) is 24.8 Å². The van der Waals surface area contributed by atoms with Gasteiger partial charge in [-0.3, -0.25) is 13.9 Å². The average molecular weight is 608 g/mol. The second-order valence-electron chi connectivity index (χ2n) is 10.7. The number of anilines is 1. The molecule has 1 unspecified atom stereocenters. The Kier molecular flexibility index (Phi) is 11.1. The summed E-state index contributed by atoms with van der Waals surface area (Å²) in [6.45, 7) is 1.43. The number of ether oxygens (including phenoxy) is 2. The predicted molar refractivity (Wildman–Crippen MR) is 167 cm³/mol. The summed E-state index contributed by atoms with van der Waals surface area (Å²) in [4.78, 5) is 29.1. The summed E-state index contributed by atoms with van der Waals surface area (Å²) in [6, 6.07) is 21.6. The average Bonchev–Trinajstić information content (AvgIpc) is 3.04. The maximum atomic E-state index is 14.1. The lowest BCUT2D eigenvalue weighted by Gasteiger charge is -2.33. The van der Waals surface area contributed by atoms with E-state index in [9.17, 15) is 18.0 Å². The van der Waals surface area contributed by atoms with Crippen molar-refractivity contribution in [3.05, 3.63) is 84.4 Å². The SMILES string of the molecule is COc1ccc(N(CC(=O)N(CCc2ccccc2)C(C)C(=O)NC2CCCCC2)S(=O)(=O)c2ccccc2)cc1OC. The minimum atomic E-state index is -4.17. The van der Waals surface area contributed by atoms with Gasteiger partial charge in [-0.25, -0.2) is 8.42 Å². The van der Waals surface area contributed by atoms with Crippen LogP contribution in [0.3, 0.4) is 0 Å². The van der Waals surface area contributed by atoms with Gasteiger partial charge in [0.25, 0.3) is 10.0 Å². The highest BCUT2D eigenvalue weighted by Gasteiger charge is 2.33. The van der Waals surface area contributed by atoms with Gasteiger partial charge in [0.15, 0.2) is 11.5 Å². The smallest absolute Gasteiger partial charge is 0.264 e. The summed E-state index contributed by atoms with van der Waals surface area (Å²) in [5.41, 5.74) is 1.24. The lowest BCUT2D eigenvalue weighted by molar-refractivity contribution is -0.139. The van der Waals surface area contributed by atoms with E-state index in [4.69, 9.17) is 9.47 Å². The van der Waals surface area contributed by atoms with Crippen molar-refractivity contribution in [1.82, 2.24) is 10.2 Å². The zero-order valence-corrected chi connectivity index (χ0v) is 25.9. The molecule has 9 nitrogen and oxygen atoms in total. The molecule has 1 aliphatic carbocycles. The van der Waals surface area contributed by atoms with E-state index in [1.54, 1.807) is 37.3 Å². The number of nitrogens with zero attached hydrogens (tertiary/aromatic N) is 2. The van der Waals surface area contributed by atoms with Gasteiger partial charge >= 0.3 is 0 Å². The molecule has 0 bridgehead atoms. The summed E-state index contributed by atoms with van der Waals surface area (Å²) in [5, 5.41) is 3.13. The summed E-state index contributed by atoms with van der Waals surface area (Å²) in [7, 11) is -1.23. The van der Waals surface area contributed by atoms with Crippen molar-refractivity contribution in [2.75, 3.05) is 31.6 Å². The summed E-state index contributed by atoms with van der Waals surface area (Å²) in [5.74, 6) is 0.0161.